The molecule has 1 unspecified atom stereocenters. The predicted octanol–water partition coefficient (Wildman–Crippen LogP) is 1.08. The smallest absolute Gasteiger partial charge is 0.267 e. The van der Waals surface area contributed by atoms with Gasteiger partial charge in [-0.25, -0.2) is 4.98 Å². The average molecular weight is 263 g/mol. The fourth-order valence-corrected chi connectivity index (χ4v) is 2.01. The van der Waals surface area contributed by atoms with E-state index in [1.165, 1.54) is 6.07 Å². The highest BCUT2D eigenvalue weighted by atomic mass is 16.5. The van der Waals surface area contributed by atoms with E-state index in [-0.39, 0.29) is 17.7 Å². The second-order valence-electron chi connectivity index (χ2n) is 4.51. The summed E-state index contributed by atoms with van der Waals surface area (Å²) in [5.74, 6) is -0.454. The van der Waals surface area contributed by atoms with Gasteiger partial charge in [-0.05, 0) is 31.4 Å². The third-order valence-corrected chi connectivity index (χ3v) is 2.96. The number of nitrogens with zero attached hydrogens (tertiary/aromatic N) is 1. The van der Waals surface area contributed by atoms with Gasteiger partial charge in [0.25, 0.3) is 5.91 Å². The fraction of sp³-hybridized carbons (Fsp3) is 0.462. The highest BCUT2D eigenvalue weighted by molar-refractivity contribution is 5.93. The van der Waals surface area contributed by atoms with E-state index < -0.39 is 5.91 Å². The molecule has 2 rings (SSSR count). The van der Waals surface area contributed by atoms with Crippen LogP contribution in [-0.4, -0.2) is 29.5 Å². The van der Waals surface area contributed by atoms with Crippen molar-refractivity contribution in [3.05, 3.63) is 23.9 Å². The van der Waals surface area contributed by atoms with E-state index >= 15 is 0 Å². The highest BCUT2D eigenvalue weighted by Gasteiger charge is 2.18. The van der Waals surface area contributed by atoms with E-state index in [0.717, 1.165) is 19.3 Å². The van der Waals surface area contributed by atoms with Crippen LogP contribution in [0.1, 0.15) is 36.2 Å². The van der Waals surface area contributed by atoms with Crippen LogP contribution in [0.2, 0.25) is 0 Å². The predicted molar refractivity (Wildman–Crippen MR) is 69.6 cm³/mol. The first kappa shape index (κ1) is 13.5. The normalized spacial score (nSPS) is 18.8. The van der Waals surface area contributed by atoms with E-state index in [1.54, 1.807) is 12.1 Å². The van der Waals surface area contributed by atoms with E-state index in [1.807, 2.05) is 0 Å². The number of nitrogens with two attached hydrogens (primary N) is 1. The minimum atomic E-state index is -0.619. The number of pyridine rings is 1. The summed E-state index contributed by atoms with van der Waals surface area (Å²) in [5, 5.41) is 2.65. The van der Waals surface area contributed by atoms with Crippen molar-refractivity contribution in [1.29, 1.82) is 0 Å². The summed E-state index contributed by atoms with van der Waals surface area (Å²) in [6.45, 7) is 0.716. The molecule has 0 bridgehead atoms. The minimum Gasteiger partial charge on any atom is -0.378 e. The van der Waals surface area contributed by atoms with Gasteiger partial charge in [0, 0.05) is 6.61 Å². The molecule has 1 aliphatic heterocycles. The van der Waals surface area contributed by atoms with Gasteiger partial charge in [0.2, 0.25) is 5.91 Å². The molecule has 1 aromatic heterocycles. The van der Waals surface area contributed by atoms with Crippen LogP contribution in [0.15, 0.2) is 18.2 Å². The van der Waals surface area contributed by atoms with Crippen molar-refractivity contribution in [3.63, 3.8) is 0 Å². The molecule has 19 heavy (non-hydrogen) atoms. The van der Waals surface area contributed by atoms with Gasteiger partial charge in [-0.1, -0.05) is 6.07 Å². The Balaban J connectivity index is 1.90. The van der Waals surface area contributed by atoms with Crippen molar-refractivity contribution in [2.45, 2.75) is 31.8 Å². The first-order chi connectivity index (χ1) is 9.15. The maximum Gasteiger partial charge on any atom is 0.267 e. The second kappa shape index (κ2) is 6.29. The molecule has 1 fully saturated rings. The van der Waals surface area contributed by atoms with Gasteiger partial charge >= 0.3 is 0 Å². The van der Waals surface area contributed by atoms with E-state index in [4.69, 9.17) is 10.5 Å². The number of amides is 2. The Labute approximate surface area is 111 Å². The van der Waals surface area contributed by atoms with E-state index in [2.05, 4.69) is 10.3 Å². The molecule has 0 spiro atoms. The molecule has 1 aliphatic rings. The maximum absolute atomic E-state index is 11.8. The zero-order valence-corrected chi connectivity index (χ0v) is 10.6. The molecule has 1 aromatic rings. The number of hydrogen-bond acceptors (Lipinski definition) is 4. The zero-order chi connectivity index (χ0) is 13.7. The molecule has 102 valence electrons. The van der Waals surface area contributed by atoms with Crippen molar-refractivity contribution in [2.75, 3.05) is 11.9 Å². The fourth-order valence-electron chi connectivity index (χ4n) is 2.01. The lowest BCUT2D eigenvalue weighted by Gasteiger charge is -2.21. The van der Waals surface area contributed by atoms with Crippen LogP contribution >= 0.6 is 0 Å². The average Bonchev–Trinajstić information content (AvgIpc) is 2.40. The maximum atomic E-state index is 11.8. The molecule has 2 amide bonds. The second-order valence-corrected chi connectivity index (χ2v) is 4.51. The lowest BCUT2D eigenvalue weighted by atomic mass is 10.1. The number of nitrogens with one attached hydrogen (secondary N) is 1. The van der Waals surface area contributed by atoms with Crippen molar-refractivity contribution in [3.8, 4) is 0 Å². The Morgan fingerprint density at radius 1 is 1.42 bits per heavy atom. The standard InChI is InChI=1S/C13H17N3O3/c14-13(18)10-5-3-6-11(15-10)16-12(17)8-9-4-1-2-7-19-9/h3,5-6,9H,1-2,4,7-8H2,(H2,14,18)(H,15,16,17). The number of anilines is 1. The molecule has 6 heteroatoms. The van der Waals surface area contributed by atoms with E-state index in [9.17, 15) is 9.59 Å². The summed E-state index contributed by atoms with van der Waals surface area (Å²) >= 11 is 0. The lowest BCUT2D eigenvalue weighted by Crippen LogP contribution is -2.26. The molecule has 0 radical (unpaired) electrons. The summed E-state index contributed by atoms with van der Waals surface area (Å²) in [4.78, 5) is 26.8. The van der Waals surface area contributed by atoms with Crippen LogP contribution in [0.5, 0.6) is 0 Å². The number of carbonyl (C=O) groups excluding carboxylic acids is 2. The van der Waals surface area contributed by atoms with Gasteiger partial charge in [-0.3, -0.25) is 9.59 Å². The van der Waals surface area contributed by atoms with Crippen LogP contribution in [0, 0.1) is 0 Å². The summed E-state index contributed by atoms with van der Waals surface area (Å²) < 4.78 is 5.49. The minimum absolute atomic E-state index is 0.0203. The monoisotopic (exact) mass is 263 g/mol. The van der Waals surface area contributed by atoms with Crippen molar-refractivity contribution in [2.24, 2.45) is 5.73 Å². The molecule has 1 atom stereocenters. The van der Waals surface area contributed by atoms with Crippen LogP contribution in [0.4, 0.5) is 5.82 Å². The van der Waals surface area contributed by atoms with Gasteiger partial charge in [-0.15, -0.1) is 0 Å². The van der Waals surface area contributed by atoms with Gasteiger partial charge < -0.3 is 15.8 Å². The number of carbonyl (C=O) groups is 2. The van der Waals surface area contributed by atoms with Crippen molar-refractivity contribution in [1.82, 2.24) is 4.98 Å². The lowest BCUT2D eigenvalue weighted by molar-refractivity contribution is -0.119. The van der Waals surface area contributed by atoms with Crippen LogP contribution < -0.4 is 11.1 Å². The third kappa shape index (κ3) is 4.03. The first-order valence-corrected chi connectivity index (χ1v) is 6.33. The molecular formula is C13H17N3O3. The number of ether oxygens (including phenoxy) is 1. The molecule has 0 aromatic carbocycles. The summed E-state index contributed by atoms with van der Waals surface area (Å²) in [5.41, 5.74) is 5.26. The van der Waals surface area contributed by atoms with Crippen molar-refractivity contribution >= 4 is 17.6 Å². The van der Waals surface area contributed by atoms with Gasteiger partial charge in [0.15, 0.2) is 0 Å². The number of aromatic nitrogens is 1. The first-order valence-electron chi connectivity index (χ1n) is 6.33. The summed E-state index contributed by atoms with van der Waals surface area (Å²) in [7, 11) is 0. The third-order valence-electron chi connectivity index (χ3n) is 2.96. The Kier molecular flexibility index (Phi) is 4.46. The largest absolute Gasteiger partial charge is 0.378 e. The van der Waals surface area contributed by atoms with Gasteiger partial charge in [0.1, 0.15) is 11.5 Å². The molecule has 3 N–H and O–H groups in total. The number of hydrogen-bond donors (Lipinski definition) is 2. The number of rotatable bonds is 4. The highest BCUT2D eigenvalue weighted by Crippen LogP contribution is 2.16. The molecule has 2 heterocycles. The van der Waals surface area contributed by atoms with Gasteiger partial charge in [-0.2, -0.15) is 0 Å². The summed E-state index contributed by atoms with van der Waals surface area (Å²) in [6.07, 6.45) is 3.34. The number of primary amides is 1. The molecule has 1 saturated heterocycles. The van der Waals surface area contributed by atoms with Crippen LogP contribution in [0.3, 0.4) is 0 Å². The SMILES string of the molecule is NC(=O)c1cccc(NC(=O)CC2CCCCO2)n1. The summed E-state index contributed by atoms with van der Waals surface area (Å²) in [6, 6.07) is 4.74. The topological polar surface area (TPSA) is 94.3 Å². The van der Waals surface area contributed by atoms with Gasteiger partial charge in [0.05, 0.1) is 12.5 Å². The van der Waals surface area contributed by atoms with Crippen molar-refractivity contribution < 1.29 is 14.3 Å². The molecular weight excluding hydrogens is 246 g/mol. The zero-order valence-electron chi connectivity index (χ0n) is 10.6. The van der Waals surface area contributed by atoms with Crippen LogP contribution in [0.25, 0.3) is 0 Å². The van der Waals surface area contributed by atoms with Crippen LogP contribution in [-0.2, 0) is 9.53 Å². The Bertz CT molecular complexity index is 470. The van der Waals surface area contributed by atoms with E-state index in [0.29, 0.717) is 18.8 Å². The quantitative estimate of drug-likeness (QED) is 0.849. The Morgan fingerprint density at radius 3 is 2.95 bits per heavy atom. The Morgan fingerprint density at radius 2 is 2.26 bits per heavy atom. The molecule has 0 saturated carbocycles. The Hall–Kier alpha value is -1.95. The molecule has 0 aliphatic carbocycles. The molecule has 6 nitrogen and oxygen atoms in total.